The summed E-state index contributed by atoms with van der Waals surface area (Å²) in [6.07, 6.45) is 6.14. The maximum atomic E-state index is 13.6. The van der Waals surface area contributed by atoms with Crippen molar-refractivity contribution in [1.29, 1.82) is 0 Å². The van der Waals surface area contributed by atoms with Gasteiger partial charge < -0.3 is 5.32 Å². The summed E-state index contributed by atoms with van der Waals surface area (Å²) in [6.45, 7) is 2.69. The summed E-state index contributed by atoms with van der Waals surface area (Å²) in [6, 6.07) is 5.69. The Morgan fingerprint density at radius 1 is 1.39 bits per heavy atom. The molecule has 0 radical (unpaired) electrons. The summed E-state index contributed by atoms with van der Waals surface area (Å²) >= 11 is 0. The van der Waals surface area contributed by atoms with E-state index < -0.39 is 0 Å². The van der Waals surface area contributed by atoms with Crippen LogP contribution in [0.15, 0.2) is 30.6 Å². The number of hydrogen-bond acceptors (Lipinski definition) is 2. The van der Waals surface area contributed by atoms with Gasteiger partial charge in [-0.2, -0.15) is 5.10 Å². The fourth-order valence-electron chi connectivity index (χ4n) is 1.97. The maximum Gasteiger partial charge on any atom is 0.125 e. The molecule has 94 valence electrons. The molecule has 1 heterocycles. The third-order valence-electron chi connectivity index (χ3n) is 3.09. The SMILES string of the molecule is Cc1cnn(-c2cc(F)cc(CNC3CC3)c2)c1. The van der Waals surface area contributed by atoms with Gasteiger partial charge in [-0.05, 0) is 49.1 Å². The number of halogens is 1. The van der Waals surface area contributed by atoms with Crippen molar-refractivity contribution in [1.82, 2.24) is 15.1 Å². The molecule has 4 heteroatoms. The second kappa shape index (κ2) is 4.53. The first-order valence-corrected chi connectivity index (χ1v) is 6.25. The Bertz CT molecular complexity index is 558. The molecule has 1 fully saturated rings. The predicted octanol–water partition coefficient (Wildman–Crippen LogP) is 2.57. The van der Waals surface area contributed by atoms with E-state index in [0.717, 1.165) is 23.4 Å². The molecule has 0 saturated heterocycles. The summed E-state index contributed by atoms with van der Waals surface area (Å²) in [5.41, 5.74) is 2.80. The molecule has 1 aromatic heterocycles. The van der Waals surface area contributed by atoms with E-state index in [4.69, 9.17) is 0 Å². The Hall–Kier alpha value is -1.68. The van der Waals surface area contributed by atoms with Gasteiger partial charge in [0.15, 0.2) is 0 Å². The summed E-state index contributed by atoms with van der Waals surface area (Å²) < 4.78 is 15.3. The highest BCUT2D eigenvalue weighted by molar-refractivity contribution is 5.36. The van der Waals surface area contributed by atoms with Gasteiger partial charge >= 0.3 is 0 Å². The van der Waals surface area contributed by atoms with Gasteiger partial charge in [0, 0.05) is 18.8 Å². The fourth-order valence-corrected chi connectivity index (χ4v) is 1.97. The zero-order valence-electron chi connectivity index (χ0n) is 10.4. The number of nitrogens with zero attached hydrogens (tertiary/aromatic N) is 2. The molecule has 0 atom stereocenters. The second-order valence-corrected chi connectivity index (χ2v) is 4.94. The van der Waals surface area contributed by atoms with Gasteiger partial charge in [-0.1, -0.05) is 0 Å². The normalized spacial score (nSPS) is 15.0. The van der Waals surface area contributed by atoms with E-state index in [-0.39, 0.29) is 5.82 Å². The van der Waals surface area contributed by atoms with Gasteiger partial charge in [0.1, 0.15) is 5.82 Å². The first kappa shape index (κ1) is 11.4. The molecule has 3 nitrogen and oxygen atoms in total. The molecule has 18 heavy (non-hydrogen) atoms. The van der Waals surface area contributed by atoms with Crippen LogP contribution in [0.1, 0.15) is 24.0 Å². The molecule has 0 spiro atoms. The van der Waals surface area contributed by atoms with Crippen LogP contribution in [0, 0.1) is 12.7 Å². The number of hydrogen-bond donors (Lipinski definition) is 1. The minimum absolute atomic E-state index is 0.215. The lowest BCUT2D eigenvalue weighted by Gasteiger charge is -2.07. The average molecular weight is 245 g/mol. The van der Waals surface area contributed by atoms with Crippen molar-refractivity contribution in [2.45, 2.75) is 32.4 Å². The van der Waals surface area contributed by atoms with Crippen molar-refractivity contribution >= 4 is 0 Å². The smallest absolute Gasteiger partial charge is 0.125 e. The van der Waals surface area contributed by atoms with Crippen LogP contribution in [0.25, 0.3) is 5.69 Å². The molecule has 0 aliphatic heterocycles. The fraction of sp³-hybridized carbons (Fsp3) is 0.357. The first-order valence-electron chi connectivity index (χ1n) is 6.25. The lowest BCUT2D eigenvalue weighted by Crippen LogP contribution is -2.15. The summed E-state index contributed by atoms with van der Waals surface area (Å²) in [4.78, 5) is 0. The zero-order valence-corrected chi connectivity index (χ0v) is 10.4. The first-order chi connectivity index (χ1) is 8.70. The van der Waals surface area contributed by atoms with E-state index in [2.05, 4.69) is 10.4 Å². The quantitative estimate of drug-likeness (QED) is 0.897. The zero-order chi connectivity index (χ0) is 12.5. The van der Waals surface area contributed by atoms with Crippen LogP contribution >= 0.6 is 0 Å². The number of nitrogens with one attached hydrogen (secondary N) is 1. The van der Waals surface area contributed by atoms with Crippen molar-refractivity contribution in [2.75, 3.05) is 0 Å². The highest BCUT2D eigenvalue weighted by atomic mass is 19.1. The monoisotopic (exact) mass is 245 g/mol. The van der Waals surface area contributed by atoms with Crippen molar-refractivity contribution in [3.05, 3.63) is 47.5 Å². The summed E-state index contributed by atoms with van der Waals surface area (Å²) in [5.74, 6) is -0.215. The molecule has 1 aliphatic rings. The standard InChI is InChI=1S/C14H16FN3/c1-10-7-17-18(9-10)14-5-11(4-12(15)6-14)8-16-13-2-3-13/h4-7,9,13,16H,2-3,8H2,1H3. The van der Waals surface area contributed by atoms with Crippen LogP contribution in [-0.4, -0.2) is 15.8 Å². The highest BCUT2D eigenvalue weighted by Gasteiger charge is 2.20. The van der Waals surface area contributed by atoms with Gasteiger partial charge in [0.2, 0.25) is 0 Å². The van der Waals surface area contributed by atoms with Crippen LogP contribution in [-0.2, 0) is 6.54 Å². The molecule has 0 unspecified atom stereocenters. The van der Waals surface area contributed by atoms with E-state index in [9.17, 15) is 4.39 Å². The van der Waals surface area contributed by atoms with Crippen LogP contribution in [0.4, 0.5) is 4.39 Å². The van der Waals surface area contributed by atoms with Crippen LogP contribution < -0.4 is 5.32 Å². The van der Waals surface area contributed by atoms with E-state index >= 15 is 0 Å². The van der Waals surface area contributed by atoms with Gasteiger partial charge in [0.25, 0.3) is 0 Å². The van der Waals surface area contributed by atoms with Crippen LogP contribution in [0.3, 0.4) is 0 Å². The largest absolute Gasteiger partial charge is 0.310 e. The van der Waals surface area contributed by atoms with Crippen molar-refractivity contribution in [3.8, 4) is 5.69 Å². The predicted molar refractivity (Wildman–Crippen MR) is 68.1 cm³/mol. The minimum Gasteiger partial charge on any atom is -0.310 e. The molecular weight excluding hydrogens is 229 g/mol. The molecular formula is C14H16FN3. The minimum atomic E-state index is -0.215. The van der Waals surface area contributed by atoms with E-state index in [1.807, 2.05) is 19.2 Å². The molecule has 1 saturated carbocycles. The Morgan fingerprint density at radius 3 is 2.89 bits per heavy atom. The molecule has 0 bridgehead atoms. The third kappa shape index (κ3) is 2.59. The number of benzene rings is 1. The Balaban J connectivity index is 1.84. The van der Waals surface area contributed by atoms with Crippen molar-refractivity contribution in [2.24, 2.45) is 0 Å². The average Bonchev–Trinajstić information content (AvgIpc) is 3.07. The molecule has 3 rings (SSSR count). The second-order valence-electron chi connectivity index (χ2n) is 4.94. The number of rotatable bonds is 4. The lowest BCUT2D eigenvalue weighted by molar-refractivity contribution is 0.617. The number of aromatic nitrogens is 2. The van der Waals surface area contributed by atoms with Crippen LogP contribution in [0.2, 0.25) is 0 Å². The van der Waals surface area contributed by atoms with E-state index in [0.29, 0.717) is 6.04 Å². The van der Waals surface area contributed by atoms with Gasteiger partial charge in [-0.15, -0.1) is 0 Å². The summed E-state index contributed by atoms with van der Waals surface area (Å²) in [7, 11) is 0. The Labute approximate surface area is 106 Å². The number of aryl methyl sites for hydroxylation is 1. The lowest BCUT2D eigenvalue weighted by atomic mass is 10.2. The van der Waals surface area contributed by atoms with Crippen molar-refractivity contribution < 1.29 is 4.39 Å². The van der Waals surface area contributed by atoms with Gasteiger partial charge in [0.05, 0.1) is 11.9 Å². The molecule has 1 aromatic carbocycles. The van der Waals surface area contributed by atoms with Gasteiger partial charge in [-0.25, -0.2) is 9.07 Å². The van der Waals surface area contributed by atoms with Crippen LogP contribution in [0.5, 0.6) is 0 Å². The third-order valence-corrected chi connectivity index (χ3v) is 3.09. The Kier molecular flexibility index (Phi) is 2.88. The van der Waals surface area contributed by atoms with E-state index in [1.165, 1.54) is 18.9 Å². The topological polar surface area (TPSA) is 29.9 Å². The molecule has 1 aliphatic carbocycles. The van der Waals surface area contributed by atoms with Gasteiger partial charge in [-0.3, -0.25) is 0 Å². The molecule has 0 amide bonds. The molecule has 1 N–H and O–H groups in total. The highest BCUT2D eigenvalue weighted by Crippen LogP contribution is 2.20. The van der Waals surface area contributed by atoms with E-state index in [1.54, 1.807) is 16.9 Å². The van der Waals surface area contributed by atoms with Crippen molar-refractivity contribution in [3.63, 3.8) is 0 Å². The molecule has 2 aromatic rings. The Morgan fingerprint density at radius 2 is 2.22 bits per heavy atom. The summed E-state index contributed by atoms with van der Waals surface area (Å²) in [5, 5.41) is 7.59. The maximum absolute atomic E-state index is 13.6.